The maximum atomic E-state index is 11.8. The Hall–Kier alpha value is -1.73. The zero-order chi connectivity index (χ0) is 13.0. The molecule has 0 bridgehead atoms. The van der Waals surface area contributed by atoms with Crippen molar-refractivity contribution in [3.8, 4) is 0 Å². The number of nitrogens with one attached hydrogen (secondary N) is 1. The van der Waals surface area contributed by atoms with Crippen LogP contribution in [0.15, 0.2) is 33.4 Å². The fourth-order valence-electron chi connectivity index (χ4n) is 1.26. The molecule has 2 rings (SSSR count). The van der Waals surface area contributed by atoms with Crippen LogP contribution in [0.3, 0.4) is 0 Å². The normalized spacial score (nSPS) is 10.3. The smallest absolute Gasteiger partial charge is 0.279 e. The highest BCUT2D eigenvalue weighted by atomic mass is 79.9. The van der Waals surface area contributed by atoms with Crippen molar-refractivity contribution >= 4 is 27.7 Å². The van der Waals surface area contributed by atoms with Gasteiger partial charge in [-0.1, -0.05) is 5.16 Å². The van der Waals surface area contributed by atoms with Crippen molar-refractivity contribution in [2.24, 2.45) is 0 Å². The summed E-state index contributed by atoms with van der Waals surface area (Å²) in [6.45, 7) is 0.275. The van der Waals surface area contributed by atoms with Gasteiger partial charge in [0.05, 0.1) is 0 Å². The van der Waals surface area contributed by atoms with E-state index < -0.39 is 0 Å². The second-order valence-electron chi connectivity index (χ2n) is 3.43. The van der Waals surface area contributed by atoms with Crippen LogP contribution in [0.25, 0.3) is 0 Å². The monoisotopic (exact) mass is 311 g/mol. The molecule has 0 aliphatic heterocycles. The Bertz CT molecular complexity index is 539. The van der Waals surface area contributed by atoms with Crippen LogP contribution in [0.2, 0.25) is 0 Å². The van der Waals surface area contributed by atoms with Gasteiger partial charge in [0.15, 0.2) is 11.5 Å². The van der Waals surface area contributed by atoms with E-state index in [9.17, 15) is 4.79 Å². The van der Waals surface area contributed by atoms with Crippen LogP contribution < -0.4 is 5.32 Å². The molecule has 0 fully saturated rings. The molecule has 0 saturated carbocycles. The zero-order valence-corrected chi connectivity index (χ0v) is 11.1. The Morgan fingerprint density at radius 1 is 1.56 bits per heavy atom. The SMILES string of the molecule is COCc1cc(C(=O)Nc2ccc(Br)cn2)no1. The molecule has 2 aromatic rings. The average Bonchev–Trinajstić information content (AvgIpc) is 2.81. The van der Waals surface area contributed by atoms with E-state index in [1.165, 1.54) is 13.2 Å². The first-order chi connectivity index (χ1) is 8.69. The molecule has 0 radical (unpaired) electrons. The number of pyridine rings is 1. The van der Waals surface area contributed by atoms with Crippen LogP contribution in [0, 0.1) is 0 Å². The molecule has 0 atom stereocenters. The summed E-state index contributed by atoms with van der Waals surface area (Å²) in [5.74, 6) is 0.557. The number of rotatable bonds is 4. The highest BCUT2D eigenvalue weighted by molar-refractivity contribution is 9.10. The van der Waals surface area contributed by atoms with Crippen molar-refractivity contribution in [1.82, 2.24) is 10.1 Å². The van der Waals surface area contributed by atoms with Gasteiger partial charge in [-0.2, -0.15) is 0 Å². The standard InChI is InChI=1S/C11H10BrN3O3/c1-17-6-8-4-9(15-18-8)11(16)14-10-3-2-7(12)5-13-10/h2-5H,6H2,1H3,(H,13,14,16). The van der Waals surface area contributed by atoms with Crippen molar-refractivity contribution < 1.29 is 14.1 Å². The lowest BCUT2D eigenvalue weighted by Gasteiger charge is -2.00. The van der Waals surface area contributed by atoms with Crippen LogP contribution in [0.1, 0.15) is 16.2 Å². The van der Waals surface area contributed by atoms with Gasteiger partial charge in [-0.15, -0.1) is 0 Å². The van der Waals surface area contributed by atoms with Gasteiger partial charge in [-0.05, 0) is 28.1 Å². The molecule has 0 aromatic carbocycles. The minimum absolute atomic E-state index is 0.187. The first-order valence-corrected chi connectivity index (χ1v) is 5.86. The van der Waals surface area contributed by atoms with Gasteiger partial charge < -0.3 is 14.6 Å². The predicted molar refractivity (Wildman–Crippen MR) is 67.1 cm³/mol. The van der Waals surface area contributed by atoms with Crippen molar-refractivity contribution in [3.05, 3.63) is 40.3 Å². The summed E-state index contributed by atoms with van der Waals surface area (Å²) in [6, 6.07) is 4.98. The maximum Gasteiger partial charge on any atom is 0.279 e. The van der Waals surface area contributed by atoms with E-state index in [0.29, 0.717) is 11.6 Å². The average molecular weight is 312 g/mol. The fraction of sp³-hybridized carbons (Fsp3) is 0.182. The van der Waals surface area contributed by atoms with E-state index in [0.717, 1.165) is 4.47 Å². The van der Waals surface area contributed by atoms with Crippen LogP contribution in [-0.2, 0) is 11.3 Å². The summed E-state index contributed by atoms with van der Waals surface area (Å²) in [5, 5.41) is 6.25. The summed E-state index contributed by atoms with van der Waals surface area (Å²) in [5.41, 5.74) is 0.187. The Balaban J connectivity index is 2.04. The molecular formula is C11H10BrN3O3. The minimum atomic E-state index is -0.379. The minimum Gasteiger partial charge on any atom is -0.377 e. The lowest BCUT2D eigenvalue weighted by atomic mass is 10.3. The molecule has 18 heavy (non-hydrogen) atoms. The summed E-state index contributed by atoms with van der Waals surface area (Å²) < 4.78 is 10.6. The van der Waals surface area contributed by atoms with E-state index in [1.807, 2.05) is 0 Å². The first kappa shape index (κ1) is 12.7. The van der Waals surface area contributed by atoms with Gasteiger partial charge in [0.25, 0.3) is 5.91 Å². The number of amides is 1. The third kappa shape index (κ3) is 3.14. The van der Waals surface area contributed by atoms with Crippen molar-refractivity contribution in [2.45, 2.75) is 6.61 Å². The van der Waals surface area contributed by atoms with Crippen molar-refractivity contribution in [1.29, 1.82) is 0 Å². The fourth-order valence-corrected chi connectivity index (χ4v) is 1.49. The second-order valence-corrected chi connectivity index (χ2v) is 4.34. The Kier molecular flexibility index (Phi) is 4.06. The number of methoxy groups -OCH3 is 1. The molecule has 2 heterocycles. The number of nitrogens with zero attached hydrogens (tertiary/aromatic N) is 2. The van der Waals surface area contributed by atoms with Crippen LogP contribution in [-0.4, -0.2) is 23.2 Å². The van der Waals surface area contributed by atoms with E-state index in [2.05, 4.69) is 31.4 Å². The van der Waals surface area contributed by atoms with Gasteiger partial charge in [-0.3, -0.25) is 4.79 Å². The quantitative estimate of drug-likeness (QED) is 0.937. The highest BCUT2D eigenvalue weighted by Crippen LogP contribution is 2.12. The third-order valence-corrected chi connectivity index (χ3v) is 2.52. The van der Waals surface area contributed by atoms with Crippen LogP contribution in [0.4, 0.5) is 5.82 Å². The van der Waals surface area contributed by atoms with Crippen LogP contribution >= 0.6 is 15.9 Å². The molecule has 1 N–H and O–H groups in total. The Labute approximate surface area is 111 Å². The topological polar surface area (TPSA) is 77.2 Å². The highest BCUT2D eigenvalue weighted by Gasteiger charge is 2.13. The zero-order valence-electron chi connectivity index (χ0n) is 9.51. The molecule has 7 heteroatoms. The van der Waals surface area contributed by atoms with Crippen LogP contribution in [0.5, 0.6) is 0 Å². The number of hydrogen-bond acceptors (Lipinski definition) is 5. The molecule has 0 unspecified atom stereocenters. The summed E-state index contributed by atoms with van der Waals surface area (Å²) >= 11 is 3.26. The molecule has 1 amide bonds. The summed E-state index contributed by atoms with van der Waals surface area (Å²) in [6.07, 6.45) is 1.59. The van der Waals surface area contributed by atoms with Crippen molar-refractivity contribution in [2.75, 3.05) is 12.4 Å². The molecule has 2 aromatic heterocycles. The largest absolute Gasteiger partial charge is 0.377 e. The summed E-state index contributed by atoms with van der Waals surface area (Å²) in [7, 11) is 1.54. The second kappa shape index (κ2) is 5.74. The molecular weight excluding hydrogens is 302 g/mol. The van der Waals surface area contributed by atoms with E-state index in [-0.39, 0.29) is 18.2 Å². The third-order valence-electron chi connectivity index (χ3n) is 2.05. The van der Waals surface area contributed by atoms with Gasteiger partial charge >= 0.3 is 0 Å². The van der Waals surface area contributed by atoms with E-state index in [1.54, 1.807) is 18.3 Å². The number of halogens is 1. The van der Waals surface area contributed by atoms with Gasteiger partial charge in [0, 0.05) is 23.8 Å². The van der Waals surface area contributed by atoms with Gasteiger partial charge in [-0.25, -0.2) is 4.98 Å². The first-order valence-electron chi connectivity index (χ1n) is 5.06. The lowest BCUT2D eigenvalue weighted by Crippen LogP contribution is -2.13. The number of carbonyl (C=O) groups is 1. The van der Waals surface area contributed by atoms with Gasteiger partial charge in [0.2, 0.25) is 0 Å². The lowest BCUT2D eigenvalue weighted by molar-refractivity contribution is 0.101. The molecule has 0 saturated heterocycles. The molecule has 0 aliphatic carbocycles. The Morgan fingerprint density at radius 3 is 3.06 bits per heavy atom. The van der Waals surface area contributed by atoms with E-state index in [4.69, 9.17) is 9.26 Å². The Morgan fingerprint density at radius 2 is 2.39 bits per heavy atom. The van der Waals surface area contributed by atoms with E-state index >= 15 is 0 Å². The predicted octanol–water partition coefficient (Wildman–Crippen LogP) is 2.23. The maximum absolute atomic E-state index is 11.8. The number of aromatic nitrogens is 2. The van der Waals surface area contributed by atoms with Crippen molar-refractivity contribution in [3.63, 3.8) is 0 Å². The number of carbonyl (C=O) groups excluding carboxylic acids is 1. The molecule has 6 nitrogen and oxygen atoms in total. The molecule has 0 spiro atoms. The number of anilines is 1. The number of ether oxygens (including phenoxy) is 1. The molecule has 94 valence electrons. The molecule has 0 aliphatic rings. The summed E-state index contributed by atoms with van der Waals surface area (Å²) in [4.78, 5) is 15.8. The van der Waals surface area contributed by atoms with Gasteiger partial charge in [0.1, 0.15) is 12.4 Å². The number of hydrogen-bond donors (Lipinski definition) is 1.